The fourth-order valence-corrected chi connectivity index (χ4v) is 2.58. The minimum atomic E-state index is -0.605. The minimum absolute atomic E-state index is 0.0247. The van der Waals surface area contributed by atoms with E-state index in [4.69, 9.17) is 27.7 Å². The van der Waals surface area contributed by atoms with E-state index >= 15 is 0 Å². The quantitative estimate of drug-likeness (QED) is 0.519. The number of nitrogens with zero attached hydrogens (tertiary/aromatic N) is 4. The molecule has 0 saturated heterocycles. The molecule has 0 aliphatic heterocycles. The summed E-state index contributed by atoms with van der Waals surface area (Å²) in [5.74, 6) is -0.455. The molecule has 11 heteroatoms. The highest BCUT2D eigenvalue weighted by molar-refractivity contribution is 6.44. The van der Waals surface area contributed by atoms with Crippen LogP contribution in [0.1, 0.15) is 21.8 Å². The fourth-order valence-electron chi connectivity index (χ4n) is 2.24. The molecular formula is C15H11Cl2N5O4. The Kier molecular flexibility index (Phi) is 4.92. The summed E-state index contributed by atoms with van der Waals surface area (Å²) in [6, 6.07) is 6.08. The zero-order chi connectivity index (χ0) is 18.8. The SMILES string of the molecule is Cc1onc(C(=O)Nc2cccc(Cl)c2Cl)c1Cn1ccc([N+](=O)[O-])n1. The molecule has 2 heterocycles. The topological polar surface area (TPSA) is 116 Å². The highest BCUT2D eigenvalue weighted by atomic mass is 35.5. The maximum Gasteiger partial charge on any atom is 0.389 e. The molecule has 2 aromatic heterocycles. The monoisotopic (exact) mass is 395 g/mol. The number of hydrogen-bond acceptors (Lipinski definition) is 6. The zero-order valence-electron chi connectivity index (χ0n) is 13.3. The van der Waals surface area contributed by atoms with Crippen LogP contribution >= 0.6 is 23.2 Å². The van der Waals surface area contributed by atoms with Gasteiger partial charge in [-0.3, -0.25) is 4.79 Å². The van der Waals surface area contributed by atoms with Gasteiger partial charge in [0.05, 0.1) is 45.2 Å². The Morgan fingerprint density at radius 3 is 2.85 bits per heavy atom. The summed E-state index contributed by atoms with van der Waals surface area (Å²) in [6.45, 7) is 1.71. The molecule has 0 aliphatic rings. The molecule has 0 spiro atoms. The smallest absolute Gasteiger partial charge is 0.361 e. The molecule has 0 aliphatic carbocycles. The molecule has 1 amide bonds. The van der Waals surface area contributed by atoms with Gasteiger partial charge in [-0.1, -0.05) is 34.4 Å². The number of anilines is 1. The molecule has 0 unspecified atom stereocenters. The lowest BCUT2D eigenvalue weighted by Crippen LogP contribution is -2.16. The molecule has 134 valence electrons. The van der Waals surface area contributed by atoms with E-state index in [9.17, 15) is 14.9 Å². The number of benzene rings is 1. The normalized spacial score (nSPS) is 10.7. The molecule has 0 fully saturated rings. The maximum atomic E-state index is 12.5. The van der Waals surface area contributed by atoms with Crippen LogP contribution in [0.2, 0.25) is 10.0 Å². The second kappa shape index (κ2) is 7.14. The predicted molar refractivity (Wildman–Crippen MR) is 93.6 cm³/mol. The number of nitrogens with one attached hydrogen (secondary N) is 1. The molecule has 3 rings (SSSR count). The van der Waals surface area contributed by atoms with Crippen molar-refractivity contribution in [3.05, 3.63) is 67.6 Å². The first kappa shape index (κ1) is 17.9. The van der Waals surface area contributed by atoms with Crippen LogP contribution in [0.5, 0.6) is 0 Å². The largest absolute Gasteiger partial charge is 0.389 e. The van der Waals surface area contributed by atoms with Gasteiger partial charge in [-0.2, -0.15) is 4.68 Å². The van der Waals surface area contributed by atoms with Gasteiger partial charge in [-0.25, -0.2) is 0 Å². The average molecular weight is 396 g/mol. The number of amides is 1. The number of rotatable bonds is 5. The van der Waals surface area contributed by atoms with Gasteiger partial charge in [0.1, 0.15) is 5.76 Å². The summed E-state index contributed by atoms with van der Waals surface area (Å²) < 4.78 is 6.41. The first-order valence-electron chi connectivity index (χ1n) is 7.25. The van der Waals surface area contributed by atoms with E-state index < -0.39 is 10.8 Å². The number of aromatic nitrogens is 3. The first-order chi connectivity index (χ1) is 12.4. The fraction of sp³-hybridized carbons (Fsp3) is 0.133. The van der Waals surface area contributed by atoms with Crippen molar-refractivity contribution in [3.63, 3.8) is 0 Å². The number of nitro groups is 1. The van der Waals surface area contributed by atoms with Crippen LogP contribution in [-0.4, -0.2) is 25.8 Å². The third-order valence-electron chi connectivity index (χ3n) is 3.53. The van der Waals surface area contributed by atoms with Gasteiger partial charge >= 0.3 is 5.82 Å². The summed E-state index contributed by atoms with van der Waals surface area (Å²) >= 11 is 12.0. The highest BCUT2D eigenvalue weighted by Gasteiger charge is 2.23. The van der Waals surface area contributed by atoms with Crippen molar-refractivity contribution in [3.8, 4) is 0 Å². The summed E-state index contributed by atoms with van der Waals surface area (Å²) in [5.41, 5.74) is 0.792. The summed E-state index contributed by atoms with van der Waals surface area (Å²) in [7, 11) is 0. The second-order valence-electron chi connectivity index (χ2n) is 5.25. The van der Waals surface area contributed by atoms with Gasteiger partial charge in [0.15, 0.2) is 5.69 Å². The van der Waals surface area contributed by atoms with Gasteiger partial charge in [-0.05, 0) is 24.0 Å². The molecular weight excluding hydrogens is 385 g/mol. The van der Waals surface area contributed by atoms with Crippen molar-refractivity contribution in [1.29, 1.82) is 0 Å². The zero-order valence-corrected chi connectivity index (χ0v) is 14.8. The van der Waals surface area contributed by atoms with Gasteiger partial charge in [0.25, 0.3) is 5.91 Å². The van der Waals surface area contributed by atoms with Gasteiger partial charge < -0.3 is 20.0 Å². The van der Waals surface area contributed by atoms with Crippen molar-refractivity contribution in [2.24, 2.45) is 0 Å². The second-order valence-corrected chi connectivity index (χ2v) is 6.04. The van der Waals surface area contributed by atoms with E-state index in [1.54, 1.807) is 25.1 Å². The molecule has 26 heavy (non-hydrogen) atoms. The van der Waals surface area contributed by atoms with E-state index in [-0.39, 0.29) is 23.1 Å². The van der Waals surface area contributed by atoms with E-state index in [2.05, 4.69) is 15.6 Å². The summed E-state index contributed by atoms with van der Waals surface area (Å²) in [6.07, 6.45) is 1.43. The molecule has 0 bridgehead atoms. The van der Waals surface area contributed by atoms with Crippen LogP contribution in [-0.2, 0) is 6.54 Å². The molecule has 1 aromatic carbocycles. The summed E-state index contributed by atoms with van der Waals surface area (Å²) in [4.78, 5) is 22.7. The molecule has 1 N–H and O–H groups in total. The number of aryl methyl sites for hydroxylation is 1. The molecule has 0 radical (unpaired) electrons. The van der Waals surface area contributed by atoms with E-state index in [0.29, 0.717) is 22.0 Å². The summed E-state index contributed by atoms with van der Waals surface area (Å²) in [5, 5.41) is 21.4. The maximum absolute atomic E-state index is 12.5. The van der Waals surface area contributed by atoms with Crippen LogP contribution in [0.4, 0.5) is 11.5 Å². The Balaban J connectivity index is 1.85. The first-order valence-corrected chi connectivity index (χ1v) is 8.00. The van der Waals surface area contributed by atoms with Crippen molar-refractivity contribution in [1.82, 2.24) is 14.9 Å². The van der Waals surface area contributed by atoms with Crippen molar-refractivity contribution in [2.45, 2.75) is 13.5 Å². The lowest BCUT2D eigenvalue weighted by Gasteiger charge is -2.07. The van der Waals surface area contributed by atoms with Crippen molar-refractivity contribution >= 4 is 40.6 Å². The molecule has 0 saturated carbocycles. The van der Waals surface area contributed by atoms with Crippen LogP contribution in [0.3, 0.4) is 0 Å². The molecule has 9 nitrogen and oxygen atoms in total. The molecule has 3 aromatic rings. The Labute approximate surface area is 156 Å². The standard InChI is InChI=1S/C15H11Cl2N5O4/c1-8-9(7-21-6-5-12(19-21)22(24)25)14(20-26-8)15(23)18-11-4-2-3-10(16)13(11)17/h2-6H,7H2,1H3,(H,18,23). The lowest BCUT2D eigenvalue weighted by molar-refractivity contribution is -0.389. The van der Waals surface area contributed by atoms with Crippen LogP contribution < -0.4 is 5.32 Å². The number of halogens is 2. The number of hydrogen-bond donors (Lipinski definition) is 1. The van der Waals surface area contributed by atoms with Crippen molar-refractivity contribution < 1.29 is 14.2 Å². The van der Waals surface area contributed by atoms with Gasteiger partial charge in [-0.15, -0.1) is 0 Å². The van der Waals surface area contributed by atoms with Gasteiger partial charge in [0.2, 0.25) is 0 Å². The van der Waals surface area contributed by atoms with E-state index in [1.165, 1.54) is 16.9 Å². The third-order valence-corrected chi connectivity index (χ3v) is 4.35. The molecule has 0 atom stereocenters. The van der Waals surface area contributed by atoms with Crippen LogP contribution in [0.25, 0.3) is 0 Å². The van der Waals surface area contributed by atoms with Crippen LogP contribution in [0.15, 0.2) is 35.0 Å². The number of carbonyl (C=O) groups excluding carboxylic acids is 1. The highest BCUT2D eigenvalue weighted by Crippen LogP contribution is 2.30. The Hall–Kier alpha value is -2.91. The average Bonchev–Trinajstić information content (AvgIpc) is 3.20. The van der Waals surface area contributed by atoms with E-state index in [0.717, 1.165) is 0 Å². The third kappa shape index (κ3) is 3.53. The Morgan fingerprint density at radius 2 is 2.15 bits per heavy atom. The van der Waals surface area contributed by atoms with E-state index in [1.807, 2.05) is 0 Å². The van der Waals surface area contributed by atoms with Crippen LogP contribution in [0, 0.1) is 17.0 Å². The lowest BCUT2D eigenvalue weighted by atomic mass is 10.2. The predicted octanol–water partition coefficient (Wildman–Crippen LogP) is 3.70. The van der Waals surface area contributed by atoms with Gasteiger partial charge in [0, 0.05) is 0 Å². The number of carbonyl (C=O) groups is 1. The Bertz CT molecular complexity index is 998. The Morgan fingerprint density at radius 1 is 1.38 bits per heavy atom. The minimum Gasteiger partial charge on any atom is -0.361 e. The van der Waals surface area contributed by atoms with Crippen molar-refractivity contribution in [2.75, 3.05) is 5.32 Å².